The van der Waals surface area contributed by atoms with Crippen molar-refractivity contribution < 1.29 is 4.74 Å². The van der Waals surface area contributed by atoms with Gasteiger partial charge in [0.05, 0.1) is 18.7 Å². The smallest absolute Gasteiger partial charge is 0.0635 e. The maximum Gasteiger partial charge on any atom is 0.0635 e. The highest BCUT2D eigenvalue weighted by Crippen LogP contribution is 2.27. The van der Waals surface area contributed by atoms with Gasteiger partial charge in [-0.15, -0.1) is 0 Å². The zero-order valence-corrected chi connectivity index (χ0v) is 13.5. The van der Waals surface area contributed by atoms with Crippen LogP contribution in [0.5, 0.6) is 0 Å². The molecule has 0 radical (unpaired) electrons. The van der Waals surface area contributed by atoms with Crippen LogP contribution in [0.3, 0.4) is 0 Å². The summed E-state index contributed by atoms with van der Waals surface area (Å²) in [4.78, 5) is 2.21. The van der Waals surface area contributed by atoms with Crippen molar-refractivity contribution in [3.05, 3.63) is 34.9 Å². The number of nitrogens with two attached hydrogens (primary N) is 1. The average molecular weight is 310 g/mol. The Balaban J connectivity index is 3.03. The van der Waals surface area contributed by atoms with E-state index in [0.29, 0.717) is 24.6 Å². The lowest BCUT2D eigenvalue weighted by atomic mass is 9.96. The molecular weight excluding hydrogens is 286 g/mol. The summed E-state index contributed by atoms with van der Waals surface area (Å²) in [5.74, 6) is 0. The second-order valence-corrected chi connectivity index (χ2v) is 5.45. The van der Waals surface area contributed by atoms with E-state index >= 15 is 0 Å². The third-order valence-corrected chi connectivity index (χ3v) is 3.79. The molecule has 0 aliphatic rings. The first-order valence-electron chi connectivity index (χ1n) is 7.25. The molecule has 0 saturated carbocycles. The molecule has 1 aromatic rings. The van der Waals surface area contributed by atoms with Crippen LogP contribution in [0.15, 0.2) is 24.3 Å². The Kier molecular flexibility index (Phi) is 8.33. The minimum atomic E-state index is -0.0148. The van der Waals surface area contributed by atoms with Gasteiger partial charge in [-0.1, -0.05) is 30.7 Å². The van der Waals surface area contributed by atoms with E-state index in [2.05, 4.69) is 17.9 Å². The van der Waals surface area contributed by atoms with Gasteiger partial charge in [-0.25, -0.2) is 0 Å². The molecule has 0 aromatic heterocycles. The molecular formula is C16H24ClN3O. The van der Waals surface area contributed by atoms with E-state index in [-0.39, 0.29) is 12.1 Å². The molecule has 2 N–H and O–H groups in total. The van der Waals surface area contributed by atoms with Crippen LogP contribution in [0.1, 0.15) is 31.4 Å². The molecule has 0 aliphatic heterocycles. The Morgan fingerprint density at radius 1 is 1.43 bits per heavy atom. The van der Waals surface area contributed by atoms with Crippen molar-refractivity contribution in [1.29, 1.82) is 5.26 Å². The minimum absolute atomic E-state index is 0.0148. The number of benzene rings is 1. The van der Waals surface area contributed by atoms with Crippen molar-refractivity contribution in [1.82, 2.24) is 4.90 Å². The molecule has 21 heavy (non-hydrogen) atoms. The van der Waals surface area contributed by atoms with Crippen LogP contribution in [0.2, 0.25) is 5.02 Å². The number of rotatable bonds is 9. The van der Waals surface area contributed by atoms with Crippen LogP contribution in [0.4, 0.5) is 0 Å². The maximum absolute atomic E-state index is 8.87. The van der Waals surface area contributed by atoms with Gasteiger partial charge in [0.1, 0.15) is 0 Å². The van der Waals surface area contributed by atoms with E-state index in [1.54, 1.807) is 7.11 Å². The van der Waals surface area contributed by atoms with Crippen LogP contribution in [-0.2, 0) is 4.74 Å². The summed E-state index contributed by atoms with van der Waals surface area (Å²) < 4.78 is 5.18. The zero-order valence-electron chi connectivity index (χ0n) is 12.8. The number of nitrogens with zero attached hydrogens (tertiary/aromatic N) is 2. The Morgan fingerprint density at radius 3 is 2.76 bits per heavy atom. The molecule has 2 unspecified atom stereocenters. The van der Waals surface area contributed by atoms with Crippen LogP contribution >= 0.6 is 11.6 Å². The Labute approximate surface area is 132 Å². The summed E-state index contributed by atoms with van der Waals surface area (Å²) in [6.45, 7) is 4.09. The molecule has 2 atom stereocenters. The third kappa shape index (κ3) is 5.64. The molecule has 0 spiro atoms. The first-order valence-corrected chi connectivity index (χ1v) is 7.62. The summed E-state index contributed by atoms with van der Waals surface area (Å²) in [7, 11) is 1.68. The highest BCUT2D eigenvalue weighted by Gasteiger charge is 2.25. The van der Waals surface area contributed by atoms with Crippen LogP contribution < -0.4 is 5.73 Å². The van der Waals surface area contributed by atoms with E-state index in [9.17, 15) is 0 Å². The average Bonchev–Trinajstić information content (AvgIpc) is 2.49. The fourth-order valence-corrected chi connectivity index (χ4v) is 2.63. The van der Waals surface area contributed by atoms with Crippen LogP contribution in [0, 0.1) is 11.3 Å². The minimum Gasteiger partial charge on any atom is -0.383 e. The van der Waals surface area contributed by atoms with Crippen molar-refractivity contribution >= 4 is 11.6 Å². The highest BCUT2D eigenvalue weighted by molar-refractivity contribution is 6.30. The van der Waals surface area contributed by atoms with E-state index in [1.807, 2.05) is 24.3 Å². The summed E-state index contributed by atoms with van der Waals surface area (Å²) in [5, 5.41) is 9.57. The van der Waals surface area contributed by atoms with Crippen LogP contribution in [0.25, 0.3) is 0 Å². The summed E-state index contributed by atoms with van der Waals surface area (Å²) in [6, 6.07) is 10.0. The van der Waals surface area contributed by atoms with Gasteiger partial charge in [0.15, 0.2) is 0 Å². The molecule has 0 saturated heterocycles. The lowest BCUT2D eigenvalue weighted by Gasteiger charge is -2.35. The molecule has 0 fully saturated rings. The number of hydrogen-bond donors (Lipinski definition) is 1. The number of nitriles is 1. The van der Waals surface area contributed by atoms with Gasteiger partial charge < -0.3 is 10.5 Å². The maximum atomic E-state index is 8.87. The SMILES string of the molecule is CCC(N)C(c1cccc(Cl)c1)N(CCC#N)CCOC. The van der Waals surface area contributed by atoms with Gasteiger partial charge in [-0.3, -0.25) is 4.90 Å². The van der Waals surface area contributed by atoms with Crippen molar-refractivity contribution in [2.45, 2.75) is 31.8 Å². The van der Waals surface area contributed by atoms with Gasteiger partial charge in [0, 0.05) is 37.7 Å². The fraction of sp³-hybridized carbons (Fsp3) is 0.562. The lowest BCUT2D eigenvalue weighted by molar-refractivity contribution is 0.109. The van der Waals surface area contributed by atoms with Crippen LogP contribution in [-0.4, -0.2) is 37.7 Å². The molecule has 0 bridgehead atoms. The first-order chi connectivity index (χ1) is 10.1. The summed E-state index contributed by atoms with van der Waals surface area (Å²) >= 11 is 6.11. The largest absolute Gasteiger partial charge is 0.383 e. The Hall–Kier alpha value is -1.12. The van der Waals surface area contributed by atoms with Gasteiger partial charge in [0.2, 0.25) is 0 Å². The van der Waals surface area contributed by atoms with Gasteiger partial charge in [0.25, 0.3) is 0 Å². The van der Waals surface area contributed by atoms with E-state index < -0.39 is 0 Å². The van der Waals surface area contributed by atoms with Crippen molar-refractivity contribution in [2.24, 2.45) is 5.73 Å². The predicted octanol–water partition coefficient (Wildman–Crippen LogP) is 2.98. The lowest BCUT2D eigenvalue weighted by Crippen LogP contribution is -2.42. The standard InChI is InChI=1S/C16H24ClN3O/c1-3-15(19)16(13-6-4-7-14(17)12-13)20(9-5-8-18)10-11-21-2/h4,6-7,12,15-16H,3,5,9-11,19H2,1-2H3. The monoisotopic (exact) mass is 309 g/mol. The zero-order chi connectivity index (χ0) is 15.7. The number of ether oxygens (including phenoxy) is 1. The van der Waals surface area contributed by atoms with Crippen molar-refractivity contribution in [3.63, 3.8) is 0 Å². The van der Waals surface area contributed by atoms with Gasteiger partial charge >= 0.3 is 0 Å². The molecule has 0 amide bonds. The number of halogens is 1. The second kappa shape index (κ2) is 9.75. The normalized spacial score (nSPS) is 13.9. The van der Waals surface area contributed by atoms with Gasteiger partial charge in [-0.05, 0) is 24.1 Å². The molecule has 1 aromatic carbocycles. The number of methoxy groups -OCH3 is 1. The Bertz CT molecular complexity index is 461. The highest BCUT2D eigenvalue weighted by atomic mass is 35.5. The predicted molar refractivity (Wildman–Crippen MR) is 86.1 cm³/mol. The fourth-order valence-electron chi connectivity index (χ4n) is 2.43. The van der Waals surface area contributed by atoms with Crippen molar-refractivity contribution in [2.75, 3.05) is 26.8 Å². The number of hydrogen-bond acceptors (Lipinski definition) is 4. The topological polar surface area (TPSA) is 62.3 Å². The van der Waals surface area contributed by atoms with E-state index in [1.165, 1.54) is 0 Å². The molecule has 5 heteroatoms. The van der Waals surface area contributed by atoms with E-state index in [4.69, 9.17) is 27.3 Å². The molecule has 1 rings (SSSR count). The summed E-state index contributed by atoms with van der Waals surface area (Å²) in [6.07, 6.45) is 1.32. The molecule has 0 aliphatic carbocycles. The molecule has 4 nitrogen and oxygen atoms in total. The first kappa shape index (κ1) is 17.9. The van der Waals surface area contributed by atoms with Crippen molar-refractivity contribution in [3.8, 4) is 6.07 Å². The van der Waals surface area contributed by atoms with Gasteiger partial charge in [-0.2, -0.15) is 5.26 Å². The Morgan fingerprint density at radius 2 is 2.19 bits per heavy atom. The summed E-state index contributed by atoms with van der Waals surface area (Å²) in [5.41, 5.74) is 7.42. The second-order valence-electron chi connectivity index (χ2n) is 5.01. The molecule has 0 heterocycles. The van der Waals surface area contributed by atoms with E-state index in [0.717, 1.165) is 18.5 Å². The molecule has 116 valence electrons. The quantitative estimate of drug-likeness (QED) is 0.761. The third-order valence-electron chi connectivity index (χ3n) is 3.55.